The standard InChI is InChI=1S/C23H42N.ClH/c1-4-7-19-24(20-8-5-2,21-9-6-3)22-15-11-14-18-23-16-12-10-13-17-23;/h10,12-13,16-17H,4-9,11,14-15,18-22H2,1-3H3;1H/q+1;/p-1. The fourth-order valence-corrected chi connectivity index (χ4v) is 3.75. The van der Waals surface area contributed by atoms with Crippen LogP contribution in [0.5, 0.6) is 0 Å². The van der Waals surface area contributed by atoms with Gasteiger partial charge in [0.15, 0.2) is 0 Å². The molecular formula is C23H42ClN. The molecule has 1 nitrogen and oxygen atoms in total. The summed E-state index contributed by atoms with van der Waals surface area (Å²) in [5, 5.41) is 0. The molecule has 0 atom stereocenters. The van der Waals surface area contributed by atoms with Gasteiger partial charge in [-0.1, -0.05) is 70.4 Å². The highest BCUT2D eigenvalue weighted by Gasteiger charge is 2.24. The summed E-state index contributed by atoms with van der Waals surface area (Å²) < 4.78 is 1.40. The average Bonchev–Trinajstić information content (AvgIpc) is 2.63. The average molecular weight is 368 g/mol. The fraction of sp³-hybridized carbons (Fsp3) is 0.739. The number of halogens is 1. The zero-order valence-electron chi connectivity index (χ0n) is 17.1. The Morgan fingerprint density at radius 3 is 1.56 bits per heavy atom. The van der Waals surface area contributed by atoms with Gasteiger partial charge in [-0.25, -0.2) is 0 Å². The molecule has 0 saturated heterocycles. The summed E-state index contributed by atoms with van der Waals surface area (Å²) in [5.74, 6) is 0. The Bertz CT molecular complexity index is 369. The van der Waals surface area contributed by atoms with E-state index in [9.17, 15) is 0 Å². The van der Waals surface area contributed by atoms with Crippen LogP contribution in [0.2, 0.25) is 0 Å². The molecule has 25 heavy (non-hydrogen) atoms. The van der Waals surface area contributed by atoms with Crippen LogP contribution in [0.4, 0.5) is 0 Å². The fourth-order valence-electron chi connectivity index (χ4n) is 3.75. The van der Waals surface area contributed by atoms with Crippen molar-refractivity contribution >= 4 is 0 Å². The number of aryl methyl sites for hydroxylation is 1. The molecule has 0 aliphatic rings. The summed E-state index contributed by atoms with van der Waals surface area (Å²) >= 11 is 0. The maximum absolute atomic E-state index is 2.34. The predicted octanol–water partition coefficient (Wildman–Crippen LogP) is 3.62. The van der Waals surface area contributed by atoms with Crippen LogP contribution in [0.3, 0.4) is 0 Å². The second-order valence-corrected chi connectivity index (χ2v) is 7.59. The van der Waals surface area contributed by atoms with Crippen molar-refractivity contribution < 1.29 is 16.9 Å². The predicted molar refractivity (Wildman–Crippen MR) is 108 cm³/mol. The van der Waals surface area contributed by atoms with E-state index in [0.717, 1.165) is 0 Å². The molecule has 146 valence electrons. The minimum Gasteiger partial charge on any atom is -1.00 e. The first kappa shape index (κ1) is 24.5. The number of benzene rings is 1. The van der Waals surface area contributed by atoms with Crippen LogP contribution in [-0.2, 0) is 6.42 Å². The van der Waals surface area contributed by atoms with Crippen molar-refractivity contribution in [2.24, 2.45) is 0 Å². The molecule has 0 saturated carbocycles. The van der Waals surface area contributed by atoms with Gasteiger partial charge < -0.3 is 16.9 Å². The van der Waals surface area contributed by atoms with Crippen molar-refractivity contribution in [2.45, 2.75) is 85.0 Å². The Morgan fingerprint density at radius 1 is 0.600 bits per heavy atom. The van der Waals surface area contributed by atoms with Crippen molar-refractivity contribution in [3.05, 3.63) is 35.9 Å². The highest BCUT2D eigenvalue weighted by Crippen LogP contribution is 2.17. The number of hydrogen-bond acceptors (Lipinski definition) is 0. The van der Waals surface area contributed by atoms with Gasteiger partial charge in [0.05, 0.1) is 26.2 Å². The number of rotatable bonds is 15. The molecule has 0 spiro atoms. The molecule has 2 heteroatoms. The molecule has 0 fully saturated rings. The van der Waals surface area contributed by atoms with Gasteiger partial charge in [-0.05, 0) is 50.5 Å². The lowest BCUT2D eigenvalue weighted by Gasteiger charge is -2.39. The molecule has 1 aromatic carbocycles. The first-order valence-corrected chi connectivity index (χ1v) is 10.7. The van der Waals surface area contributed by atoms with E-state index in [1.165, 1.54) is 100 Å². The van der Waals surface area contributed by atoms with E-state index in [2.05, 4.69) is 51.1 Å². The summed E-state index contributed by atoms with van der Waals surface area (Å²) in [7, 11) is 0. The lowest BCUT2D eigenvalue weighted by Crippen LogP contribution is -3.00. The second-order valence-electron chi connectivity index (χ2n) is 7.59. The maximum Gasteiger partial charge on any atom is 0.0786 e. The van der Waals surface area contributed by atoms with Crippen LogP contribution in [0.1, 0.15) is 84.1 Å². The summed E-state index contributed by atoms with van der Waals surface area (Å²) in [6.07, 6.45) is 13.6. The third-order valence-corrected chi connectivity index (χ3v) is 5.40. The number of quaternary nitrogens is 1. The van der Waals surface area contributed by atoms with Crippen LogP contribution in [0, 0.1) is 0 Å². The van der Waals surface area contributed by atoms with Crippen molar-refractivity contribution in [3.63, 3.8) is 0 Å². The molecule has 0 unspecified atom stereocenters. The van der Waals surface area contributed by atoms with Gasteiger partial charge in [-0.2, -0.15) is 0 Å². The van der Waals surface area contributed by atoms with Gasteiger partial charge in [-0.3, -0.25) is 0 Å². The number of unbranched alkanes of at least 4 members (excludes halogenated alkanes) is 5. The van der Waals surface area contributed by atoms with E-state index >= 15 is 0 Å². The molecule has 0 N–H and O–H groups in total. The van der Waals surface area contributed by atoms with E-state index in [-0.39, 0.29) is 12.4 Å². The lowest BCUT2D eigenvalue weighted by atomic mass is 10.1. The molecule has 0 aliphatic heterocycles. The lowest BCUT2D eigenvalue weighted by molar-refractivity contribution is -0.929. The second kappa shape index (κ2) is 15.7. The topological polar surface area (TPSA) is 0 Å². The number of nitrogens with zero attached hydrogens (tertiary/aromatic N) is 1. The van der Waals surface area contributed by atoms with Crippen molar-refractivity contribution in [1.82, 2.24) is 0 Å². The minimum atomic E-state index is 0. The van der Waals surface area contributed by atoms with Crippen LogP contribution in [-0.4, -0.2) is 30.7 Å². The zero-order chi connectivity index (χ0) is 17.5. The van der Waals surface area contributed by atoms with Crippen LogP contribution in [0.15, 0.2) is 30.3 Å². The molecule has 0 aromatic heterocycles. The van der Waals surface area contributed by atoms with Crippen LogP contribution in [0.25, 0.3) is 0 Å². The zero-order valence-corrected chi connectivity index (χ0v) is 17.9. The molecule has 0 heterocycles. The Hall–Kier alpha value is -0.530. The molecule has 1 rings (SSSR count). The van der Waals surface area contributed by atoms with E-state index in [0.29, 0.717) is 0 Å². The van der Waals surface area contributed by atoms with Crippen molar-refractivity contribution in [3.8, 4) is 0 Å². The van der Waals surface area contributed by atoms with Crippen LogP contribution >= 0.6 is 0 Å². The van der Waals surface area contributed by atoms with Gasteiger partial charge in [0.2, 0.25) is 0 Å². The van der Waals surface area contributed by atoms with E-state index in [1.807, 2.05) is 0 Å². The molecule has 0 aliphatic carbocycles. The molecule has 0 amide bonds. The van der Waals surface area contributed by atoms with E-state index in [4.69, 9.17) is 0 Å². The normalized spacial score (nSPS) is 11.3. The van der Waals surface area contributed by atoms with Gasteiger partial charge in [0, 0.05) is 0 Å². The molecule has 0 bridgehead atoms. The summed E-state index contributed by atoms with van der Waals surface area (Å²) in [5.41, 5.74) is 1.50. The van der Waals surface area contributed by atoms with Gasteiger partial charge in [-0.15, -0.1) is 0 Å². The van der Waals surface area contributed by atoms with E-state index < -0.39 is 0 Å². The van der Waals surface area contributed by atoms with Gasteiger partial charge >= 0.3 is 0 Å². The van der Waals surface area contributed by atoms with Crippen molar-refractivity contribution in [1.29, 1.82) is 0 Å². The molecular weight excluding hydrogens is 326 g/mol. The van der Waals surface area contributed by atoms with Gasteiger partial charge in [0.25, 0.3) is 0 Å². The maximum atomic E-state index is 2.34. The molecule has 0 radical (unpaired) electrons. The van der Waals surface area contributed by atoms with Crippen LogP contribution < -0.4 is 12.4 Å². The summed E-state index contributed by atoms with van der Waals surface area (Å²) in [6.45, 7) is 12.7. The molecule has 1 aromatic rings. The smallest absolute Gasteiger partial charge is 0.0786 e. The van der Waals surface area contributed by atoms with Gasteiger partial charge in [0.1, 0.15) is 0 Å². The first-order valence-electron chi connectivity index (χ1n) is 10.7. The Balaban J connectivity index is 0.00000576. The highest BCUT2D eigenvalue weighted by atomic mass is 35.5. The monoisotopic (exact) mass is 367 g/mol. The Kier molecular flexibility index (Phi) is 15.4. The Morgan fingerprint density at radius 2 is 1.08 bits per heavy atom. The summed E-state index contributed by atoms with van der Waals surface area (Å²) in [6, 6.07) is 11.0. The van der Waals surface area contributed by atoms with Crippen molar-refractivity contribution in [2.75, 3.05) is 26.2 Å². The first-order chi connectivity index (χ1) is 11.8. The largest absolute Gasteiger partial charge is 1.00 e. The minimum absolute atomic E-state index is 0. The Labute approximate surface area is 164 Å². The quantitative estimate of drug-likeness (QED) is 0.328. The third-order valence-electron chi connectivity index (χ3n) is 5.40. The number of hydrogen-bond donors (Lipinski definition) is 0. The third kappa shape index (κ3) is 10.9. The van der Waals surface area contributed by atoms with E-state index in [1.54, 1.807) is 0 Å². The SMILES string of the molecule is CCCC[N+](CCCC)(CCCC)CCCCCc1ccccc1.[Cl-]. The highest BCUT2D eigenvalue weighted by molar-refractivity contribution is 5.14. The summed E-state index contributed by atoms with van der Waals surface area (Å²) in [4.78, 5) is 0.